The Hall–Kier alpha value is -1.72. The molecule has 0 radical (unpaired) electrons. The van der Waals surface area contributed by atoms with Crippen molar-refractivity contribution in [1.82, 2.24) is 9.80 Å². The van der Waals surface area contributed by atoms with Crippen LogP contribution in [0.5, 0.6) is 0 Å². The van der Waals surface area contributed by atoms with Crippen LogP contribution in [-0.4, -0.2) is 41.9 Å². The Morgan fingerprint density at radius 2 is 2.04 bits per heavy atom. The average Bonchev–Trinajstić information content (AvgIpc) is 2.91. The normalized spacial score (nSPS) is 16.3. The van der Waals surface area contributed by atoms with Gasteiger partial charge in [-0.25, -0.2) is 4.39 Å². The van der Waals surface area contributed by atoms with Gasteiger partial charge in [0.1, 0.15) is 5.82 Å². The zero-order chi connectivity index (χ0) is 16.1. The first-order chi connectivity index (χ1) is 11.2. The van der Waals surface area contributed by atoms with Gasteiger partial charge in [0.15, 0.2) is 0 Å². The second kappa shape index (κ2) is 7.70. The summed E-state index contributed by atoms with van der Waals surface area (Å²) in [5.74, 6) is -0.193. The van der Waals surface area contributed by atoms with Crippen molar-refractivity contribution >= 4 is 17.2 Å². The molecule has 122 valence electrons. The van der Waals surface area contributed by atoms with Crippen molar-refractivity contribution in [3.05, 3.63) is 58.0 Å². The molecular weight excluding hydrogens is 311 g/mol. The summed E-state index contributed by atoms with van der Waals surface area (Å²) >= 11 is 1.72. The van der Waals surface area contributed by atoms with Gasteiger partial charge in [-0.05, 0) is 46.5 Å². The molecule has 0 saturated carbocycles. The van der Waals surface area contributed by atoms with Gasteiger partial charge < -0.3 is 4.90 Å². The fourth-order valence-electron chi connectivity index (χ4n) is 2.95. The van der Waals surface area contributed by atoms with Crippen molar-refractivity contribution in [3.8, 4) is 0 Å². The van der Waals surface area contributed by atoms with Gasteiger partial charge in [-0.2, -0.15) is 11.3 Å². The molecule has 3 nitrogen and oxygen atoms in total. The first-order valence-electron chi connectivity index (χ1n) is 7.96. The number of halogens is 1. The average molecular weight is 332 g/mol. The fourth-order valence-corrected chi connectivity index (χ4v) is 3.61. The number of nitrogens with zero attached hydrogens (tertiary/aromatic N) is 2. The van der Waals surface area contributed by atoms with Gasteiger partial charge in [-0.3, -0.25) is 9.69 Å². The van der Waals surface area contributed by atoms with Gasteiger partial charge >= 0.3 is 0 Å². The van der Waals surface area contributed by atoms with E-state index in [1.54, 1.807) is 17.4 Å². The third kappa shape index (κ3) is 4.62. The minimum Gasteiger partial charge on any atom is -0.341 e. The molecule has 0 bridgehead atoms. The highest BCUT2D eigenvalue weighted by Crippen LogP contribution is 2.13. The largest absolute Gasteiger partial charge is 0.341 e. The molecule has 0 unspecified atom stereocenters. The lowest BCUT2D eigenvalue weighted by atomic mass is 10.1. The molecule has 2 aromatic rings. The van der Waals surface area contributed by atoms with Gasteiger partial charge in [-0.1, -0.05) is 12.1 Å². The van der Waals surface area contributed by atoms with Crippen molar-refractivity contribution in [2.24, 2.45) is 0 Å². The number of carbonyl (C=O) groups is 1. The standard InChI is InChI=1S/C18H21FN2OS/c19-17-4-1-3-15(11-17)12-18(22)21-7-2-6-20(8-9-21)13-16-5-10-23-14-16/h1,3-5,10-11,14H,2,6-9,12-13H2. The van der Waals surface area contributed by atoms with Crippen LogP contribution in [-0.2, 0) is 17.8 Å². The molecule has 1 saturated heterocycles. The van der Waals surface area contributed by atoms with Crippen LogP contribution in [0.15, 0.2) is 41.1 Å². The van der Waals surface area contributed by atoms with Gasteiger partial charge in [0.25, 0.3) is 0 Å². The summed E-state index contributed by atoms with van der Waals surface area (Å²) in [7, 11) is 0. The molecule has 0 atom stereocenters. The van der Waals surface area contributed by atoms with Crippen molar-refractivity contribution in [3.63, 3.8) is 0 Å². The van der Waals surface area contributed by atoms with Crippen LogP contribution in [0.25, 0.3) is 0 Å². The van der Waals surface area contributed by atoms with E-state index >= 15 is 0 Å². The minimum atomic E-state index is -0.284. The zero-order valence-corrected chi connectivity index (χ0v) is 13.9. The summed E-state index contributed by atoms with van der Waals surface area (Å²) < 4.78 is 13.2. The summed E-state index contributed by atoms with van der Waals surface area (Å²) in [6.45, 7) is 4.40. The highest BCUT2D eigenvalue weighted by Gasteiger charge is 2.19. The highest BCUT2D eigenvalue weighted by molar-refractivity contribution is 7.07. The third-order valence-corrected chi connectivity index (χ3v) is 4.90. The molecule has 0 N–H and O–H groups in total. The molecule has 5 heteroatoms. The van der Waals surface area contributed by atoms with E-state index in [-0.39, 0.29) is 18.1 Å². The maximum absolute atomic E-state index is 13.2. The Morgan fingerprint density at radius 3 is 2.83 bits per heavy atom. The van der Waals surface area contributed by atoms with E-state index in [4.69, 9.17) is 0 Å². The number of benzene rings is 1. The molecular formula is C18H21FN2OS. The lowest BCUT2D eigenvalue weighted by molar-refractivity contribution is -0.130. The van der Waals surface area contributed by atoms with E-state index in [0.29, 0.717) is 0 Å². The number of carbonyl (C=O) groups excluding carboxylic acids is 1. The quantitative estimate of drug-likeness (QED) is 0.859. The molecule has 1 fully saturated rings. The number of amides is 1. The summed E-state index contributed by atoms with van der Waals surface area (Å²) in [4.78, 5) is 16.8. The number of hydrogen-bond acceptors (Lipinski definition) is 3. The predicted octanol–water partition coefficient (Wildman–Crippen LogP) is 3.16. The lowest BCUT2D eigenvalue weighted by Gasteiger charge is -2.22. The number of thiophene rings is 1. The van der Waals surface area contributed by atoms with E-state index in [2.05, 4.69) is 21.7 Å². The molecule has 2 heterocycles. The first kappa shape index (κ1) is 16.1. The molecule has 1 aromatic carbocycles. The van der Waals surface area contributed by atoms with Crippen molar-refractivity contribution in [1.29, 1.82) is 0 Å². The smallest absolute Gasteiger partial charge is 0.227 e. The van der Waals surface area contributed by atoms with E-state index in [1.807, 2.05) is 11.0 Å². The molecule has 1 aliphatic heterocycles. The Bertz CT molecular complexity index is 644. The van der Waals surface area contributed by atoms with Crippen LogP contribution in [0.2, 0.25) is 0 Å². The van der Waals surface area contributed by atoms with Crippen LogP contribution in [0.4, 0.5) is 4.39 Å². The number of hydrogen-bond donors (Lipinski definition) is 0. The second-order valence-corrected chi connectivity index (χ2v) is 6.73. The topological polar surface area (TPSA) is 23.6 Å². The second-order valence-electron chi connectivity index (χ2n) is 5.95. The Balaban J connectivity index is 1.53. The summed E-state index contributed by atoms with van der Waals surface area (Å²) in [5.41, 5.74) is 2.09. The summed E-state index contributed by atoms with van der Waals surface area (Å²) in [6, 6.07) is 8.47. The molecule has 1 aliphatic rings. The van der Waals surface area contributed by atoms with Gasteiger partial charge in [-0.15, -0.1) is 0 Å². The van der Waals surface area contributed by atoms with Crippen LogP contribution in [0.3, 0.4) is 0 Å². The molecule has 3 rings (SSSR count). The zero-order valence-electron chi connectivity index (χ0n) is 13.1. The van der Waals surface area contributed by atoms with Crippen LogP contribution in [0, 0.1) is 5.82 Å². The molecule has 1 amide bonds. The van der Waals surface area contributed by atoms with Gasteiger partial charge in [0.05, 0.1) is 6.42 Å². The molecule has 0 spiro atoms. The first-order valence-corrected chi connectivity index (χ1v) is 8.90. The van der Waals surface area contributed by atoms with Crippen LogP contribution >= 0.6 is 11.3 Å². The minimum absolute atomic E-state index is 0.0907. The Morgan fingerprint density at radius 1 is 1.13 bits per heavy atom. The molecule has 23 heavy (non-hydrogen) atoms. The van der Waals surface area contributed by atoms with E-state index in [9.17, 15) is 9.18 Å². The Kier molecular flexibility index (Phi) is 5.41. The highest BCUT2D eigenvalue weighted by atomic mass is 32.1. The lowest BCUT2D eigenvalue weighted by Crippen LogP contribution is -2.36. The maximum Gasteiger partial charge on any atom is 0.227 e. The van der Waals surface area contributed by atoms with Crippen molar-refractivity contribution < 1.29 is 9.18 Å². The van der Waals surface area contributed by atoms with Crippen LogP contribution < -0.4 is 0 Å². The van der Waals surface area contributed by atoms with Crippen molar-refractivity contribution in [2.75, 3.05) is 26.2 Å². The van der Waals surface area contributed by atoms with E-state index in [1.165, 1.54) is 17.7 Å². The SMILES string of the molecule is O=C(Cc1cccc(F)c1)N1CCCN(Cc2ccsc2)CC1. The van der Waals surface area contributed by atoms with Crippen LogP contribution in [0.1, 0.15) is 17.5 Å². The fraction of sp³-hybridized carbons (Fsp3) is 0.389. The van der Waals surface area contributed by atoms with Gasteiger partial charge in [0.2, 0.25) is 5.91 Å². The van der Waals surface area contributed by atoms with E-state index in [0.717, 1.165) is 44.7 Å². The monoisotopic (exact) mass is 332 g/mol. The maximum atomic E-state index is 13.2. The molecule has 1 aromatic heterocycles. The summed E-state index contributed by atoms with van der Waals surface area (Å²) in [5, 5.41) is 4.28. The summed E-state index contributed by atoms with van der Waals surface area (Å²) in [6.07, 6.45) is 1.27. The third-order valence-electron chi connectivity index (χ3n) is 4.17. The predicted molar refractivity (Wildman–Crippen MR) is 90.9 cm³/mol. The number of rotatable bonds is 4. The Labute approximate surface area is 140 Å². The molecule has 0 aliphatic carbocycles. The van der Waals surface area contributed by atoms with Gasteiger partial charge in [0, 0.05) is 32.7 Å². The van der Waals surface area contributed by atoms with E-state index < -0.39 is 0 Å². The van der Waals surface area contributed by atoms with Crippen molar-refractivity contribution in [2.45, 2.75) is 19.4 Å².